The number of benzene rings is 3. The summed E-state index contributed by atoms with van der Waals surface area (Å²) < 4.78 is 49.0. The molecule has 0 spiro atoms. The number of rotatable bonds is 12. The highest BCUT2D eigenvalue weighted by Crippen LogP contribution is 2.42. The SMILES string of the molecule is COC(=O)c1cc(Oc2ccc(Cl)cc2Cl)ccc1[N+](=O)[O-].CS(=O)(=O)c1cc(Cl)ccc1C(=O)c1cnoc1C1CC1.O=C(O)CNCP(=O)(O)O. The maximum atomic E-state index is 12.6. The fourth-order valence-corrected chi connectivity index (χ4v) is 6.19. The molecule has 4 aromatic rings. The normalized spacial score (nSPS) is 12.4. The highest BCUT2D eigenvalue weighted by molar-refractivity contribution is 7.90. The van der Waals surface area contributed by atoms with Gasteiger partial charge in [0.1, 0.15) is 17.1 Å². The lowest BCUT2D eigenvalue weighted by Gasteiger charge is -2.09. The number of carbonyl (C=O) groups is 3. The van der Waals surface area contributed by atoms with E-state index in [1.807, 2.05) is 0 Å². The van der Waals surface area contributed by atoms with E-state index in [4.69, 9.17) is 59.0 Å². The summed E-state index contributed by atoms with van der Waals surface area (Å²) in [6.45, 7) is -0.439. The van der Waals surface area contributed by atoms with Gasteiger partial charge in [0, 0.05) is 39.9 Å². The molecule has 0 bridgehead atoms. The molecule has 1 aliphatic rings. The number of halogens is 3. The number of ketones is 1. The van der Waals surface area contributed by atoms with Crippen LogP contribution in [0.2, 0.25) is 15.1 Å². The third-order valence-corrected chi connectivity index (χ3v) is 9.20. The molecule has 284 valence electrons. The maximum absolute atomic E-state index is 12.6. The third kappa shape index (κ3) is 13.2. The Kier molecular flexibility index (Phi) is 15.1. The van der Waals surface area contributed by atoms with E-state index in [0.29, 0.717) is 22.1 Å². The zero-order valence-corrected chi connectivity index (χ0v) is 31.4. The van der Waals surface area contributed by atoms with Crippen molar-refractivity contribution in [3.8, 4) is 11.5 Å². The molecule has 5 rings (SSSR count). The van der Waals surface area contributed by atoms with Crippen LogP contribution in [0, 0.1) is 10.1 Å². The second-order valence-corrected chi connectivity index (χ2v) is 15.8. The first kappa shape index (κ1) is 43.0. The van der Waals surface area contributed by atoms with E-state index in [1.54, 1.807) is 12.1 Å². The molecule has 1 fully saturated rings. The Balaban J connectivity index is 0.000000230. The van der Waals surface area contributed by atoms with Gasteiger partial charge in [-0.3, -0.25) is 29.6 Å². The van der Waals surface area contributed by atoms with Gasteiger partial charge in [0.2, 0.25) is 0 Å². The average molecular weight is 837 g/mol. The number of nitro groups is 1. The van der Waals surface area contributed by atoms with Crippen LogP contribution < -0.4 is 10.1 Å². The fourth-order valence-electron chi connectivity index (χ4n) is 4.20. The van der Waals surface area contributed by atoms with Crippen molar-refractivity contribution >= 4 is 75.6 Å². The summed E-state index contributed by atoms with van der Waals surface area (Å²) >= 11 is 17.6. The Morgan fingerprint density at radius 3 is 2.21 bits per heavy atom. The highest BCUT2D eigenvalue weighted by atomic mass is 35.5. The van der Waals surface area contributed by atoms with Crippen molar-refractivity contribution in [1.82, 2.24) is 10.5 Å². The Labute approximate surface area is 316 Å². The number of carbonyl (C=O) groups excluding carboxylic acids is 2. The Morgan fingerprint density at radius 1 is 1.02 bits per heavy atom. The standard InChI is InChI=1S/C14H9Cl2NO5.C14H12ClNO4S.C3H8NO5P/c1-21-14(18)10-7-9(3-4-12(10)17(19)20)22-13-5-2-8(15)6-11(13)16;1-21(18,19)12-6-9(15)4-5-10(12)13(17)11-7-16-20-14(11)8-2-3-8;5-3(6)1-4-2-10(7,8)9/h2-7H,1H3;4-8H,2-3H2,1H3;4H,1-2H2,(H,5,6)(H2,7,8,9). The van der Waals surface area contributed by atoms with Gasteiger partial charge in [0.25, 0.3) is 5.69 Å². The molecule has 1 saturated carbocycles. The molecule has 0 radical (unpaired) electrons. The number of methoxy groups -OCH3 is 1. The van der Waals surface area contributed by atoms with Crippen molar-refractivity contribution in [3.05, 3.63) is 108 Å². The van der Waals surface area contributed by atoms with Gasteiger partial charge in [-0.1, -0.05) is 40.0 Å². The minimum atomic E-state index is -4.10. The first-order valence-electron chi connectivity index (χ1n) is 14.7. The van der Waals surface area contributed by atoms with Crippen molar-refractivity contribution in [1.29, 1.82) is 0 Å². The number of carboxylic acids is 1. The molecule has 0 amide bonds. The number of aromatic nitrogens is 1. The number of nitrogens with one attached hydrogen (secondary N) is 1. The monoisotopic (exact) mass is 835 g/mol. The first-order chi connectivity index (χ1) is 24.7. The van der Waals surface area contributed by atoms with Crippen LogP contribution in [-0.2, 0) is 23.9 Å². The summed E-state index contributed by atoms with van der Waals surface area (Å²) in [5, 5.41) is 25.6. The second-order valence-electron chi connectivity index (χ2n) is 10.9. The average Bonchev–Trinajstić information content (AvgIpc) is 3.80. The van der Waals surface area contributed by atoms with Crippen LogP contribution in [0.5, 0.6) is 11.5 Å². The number of sulfone groups is 1. The molecule has 0 atom stereocenters. The minimum absolute atomic E-state index is 0.0806. The number of carboxylic acid groups (broad SMARTS) is 1. The molecular weight excluding hydrogens is 808 g/mol. The Morgan fingerprint density at radius 2 is 1.66 bits per heavy atom. The largest absolute Gasteiger partial charge is 0.480 e. The molecule has 53 heavy (non-hydrogen) atoms. The lowest BCUT2D eigenvalue weighted by molar-refractivity contribution is -0.385. The van der Waals surface area contributed by atoms with Gasteiger partial charge < -0.3 is 28.9 Å². The zero-order valence-electron chi connectivity index (χ0n) is 27.4. The molecule has 1 aliphatic carbocycles. The van der Waals surface area contributed by atoms with E-state index in [0.717, 1.165) is 32.3 Å². The molecule has 17 nitrogen and oxygen atoms in total. The van der Waals surface area contributed by atoms with Crippen molar-refractivity contribution < 1.29 is 61.2 Å². The Hall–Kier alpha value is -4.39. The lowest BCUT2D eigenvalue weighted by Crippen LogP contribution is -2.23. The van der Waals surface area contributed by atoms with Gasteiger partial charge in [-0.25, -0.2) is 13.2 Å². The molecule has 0 saturated heterocycles. The van der Waals surface area contributed by atoms with Crippen molar-refractivity contribution in [2.75, 3.05) is 26.2 Å². The maximum Gasteiger partial charge on any atom is 0.345 e. The summed E-state index contributed by atoms with van der Waals surface area (Å²) in [4.78, 5) is 60.6. The summed E-state index contributed by atoms with van der Waals surface area (Å²) in [6, 6.07) is 12.5. The van der Waals surface area contributed by atoms with Gasteiger partial charge in [0.05, 0.1) is 46.5 Å². The van der Waals surface area contributed by atoms with E-state index in [9.17, 15) is 37.5 Å². The Bertz CT molecular complexity index is 2170. The predicted molar refractivity (Wildman–Crippen MR) is 190 cm³/mol. The molecule has 1 heterocycles. The summed E-state index contributed by atoms with van der Waals surface area (Å²) in [5.41, 5.74) is -0.173. The molecule has 22 heteroatoms. The van der Waals surface area contributed by atoms with Crippen LogP contribution in [0.3, 0.4) is 0 Å². The highest BCUT2D eigenvalue weighted by Gasteiger charge is 2.34. The number of hydrogen-bond acceptors (Lipinski definition) is 13. The first-order valence-corrected chi connectivity index (χ1v) is 19.5. The topological polar surface area (TPSA) is 263 Å². The van der Waals surface area contributed by atoms with Crippen LogP contribution in [0.1, 0.15) is 50.8 Å². The van der Waals surface area contributed by atoms with Crippen LogP contribution in [0.25, 0.3) is 0 Å². The molecule has 4 N–H and O–H groups in total. The zero-order chi connectivity index (χ0) is 39.7. The van der Waals surface area contributed by atoms with Gasteiger partial charge in [0.15, 0.2) is 21.4 Å². The minimum Gasteiger partial charge on any atom is -0.480 e. The van der Waals surface area contributed by atoms with E-state index < -0.39 is 52.9 Å². The molecule has 3 aromatic carbocycles. The molecule has 1 aromatic heterocycles. The third-order valence-electron chi connectivity index (χ3n) is 6.66. The molecule has 0 unspecified atom stereocenters. The number of nitrogens with zero attached hydrogens (tertiary/aromatic N) is 2. The number of nitro benzene ring substituents is 1. The van der Waals surface area contributed by atoms with Gasteiger partial charge in [-0.15, -0.1) is 0 Å². The van der Waals surface area contributed by atoms with E-state index >= 15 is 0 Å². The van der Waals surface area contributed by atoms with E-state index in [1.165, 1.54) is 42.6 Å². The van der Waals surface area contributed by atoms with Crippen LogP contribution in [0.4, 0.5) is 5.69 Å². The number of esters is 1. The smallest absolute Gasteiger partial charge is 0.345 e. The van der Waals surface area contributed by atoms with Crippen molar-refractivity contribution in [3.63, 3.8) is 0 Å². The van der Waals surface area contributed by atoms with Crippen LogP contribution >= 0.6 is 42.4 Å². The van der Waals surface area contributed by atoms with E-state index in [-0.39, 0.29) is 43.4 Å². The van der Waals surface area contributed by atoms with Crippen molar-refractivity contribution in [2.24, 2.45) is 0 Å². The predicted octanol–water partition coefficient (Wildman–Crippen LogP) is 6.12. The van der Waals surface area contributed by atoms with Crippen molar-refractivity contribution in [2.45, 2.75) is 23.7 Å². The summed E-state index contributed by atoms with van der Waals surface area (Å²) in [7, 11) is -6.53. The van der Waals surface area contributed by atoms with Gasteiger partial charge >= 0.3 is 19.5 Å². The second kappa shape index (κ2) is 18.6. The van der Waals surface area contributed by atoms with Crippen LogP contribution in [-0.4, -0.2) is 77.3 Å². The van der Waals surface area contributed by atoms with Gasteiger partial charge in [-0.2, -0.15) is 0 Å². The fraction of sp³-hybridized carbons (Fsp3) is 0.226. The number of ether oxygens (including phenoxy) is 2. The quantitative estimate of drug-likeness (QED) is 0.0412. The summed E-state index contributed by atoms with van der Waals surface area (Å²) in [5.74, 6) is -1.14. The molecule has 0 aliphatic heterocycles. The molecular formula is C31H29Cl3N3O14PS. The van der Waals surface area contributed by atoms with E-state index in [2.05, 4.69) is 15.2 Å². The lowest BCUT2D eigenvalue weighted by atomic mass is 10.0. The van der Waals surface area contributed by atoms with Crippen LogP contribution in [0.15, 0.2) is 70.2 Å². The summed E-state index contributed by atoms with van der Waals surface area (Å²) in [6.07, 6.45) is 3.70. The number of aliphatic carboxylic acids is 1. The number of hydrogen-bond donors (Lipinski definition) is 4. The van der Waals surface area contributed by atoms with Gasteiger partial charge in [-0.05, 0) is 55.3 Å².